The Morgan fingerprint density at radius 2 is 2.45 bits per heavy atom. The van der Waals surface area contributed by atoms with Crippen molar-refractivity contribution in [3.63, 3.8) is 0 Å². The maximum Gasteiger partial charge on any atom is 0.179 e. The van der Waals surface area contributed by atoms with Crippen molar-refractivity contribution in [1.29, 1.82) is 0 Å². The molecule has 0 aliphatic carbocycles. The van der Waals surface area contributed by atoms with Crippen LogP contribution in [0.15, 0.2) is 0 Å². The molecule has 0 unspecified atom stereocenters. The second-order valence-electron chi connectivity index (χ2n) is 2.59. The van der Waals surface area contributed by atoms with Crippen LogP contribution in [0.2, 0.25) is 0 Å². The first-order valence-corrected chi connectivity index (χ1v) is 4.92. The van der Waals surface area contributed by atoms with E-state index in [0.717, 1.165) is 12.3 Å². The molecule has 0 aromatic heterocycles. The van der Waals surface area contributed by atoms with Gasteiger partial charge in [-0.2, -0.15) is 0 Å². The molecule has 4 heteroatoms. The van der Waals surface area contributed by atoms with Gasteiger partial charge in [0.1, 0.15) is 5.37 Å². The van der Waals surface area contributed by atoms with Gasteiger partial charge in [0.2, 0.25) is 0 Å². The third-order valence-electron chi connectivity index (χ3n) is 1.75. The average Bonchev–Trinajstić information content (AvgIpc) is 1.97. The summed E-state index contributed by atoms with van der Waals surface area (Å²) in [5.74, 6) is 1.01. The molecule has 0 radical (unpaired) electrons. The average molecular weight is 177 g/mol. The van der Waals surface area contributed by atoms with Crippen molar-refractivity contribution < 1.29 is 9.84 Å². The van der Waals surface area contributed by atoms with Crippen LogP contribution < -0.4 is 0 Å². The van der Waals surface area contributed by atoms with Gasteiger partial charge in [0.05, 0.1) is 6.61 Å². The predicted octanol–water partition coefficient (Wildman–Crippen LogP) is 0.346. The summed E-state index contributed by atoms with van der Waals surface area (Å²) < 4.78 is 5.11. The molecule has 0 saturated carbocycles. The minimum absolute atomic E-state index is 0.119. The Labute approximate surface area is 71.7 Å². The molecule has 1 fully saturated rings. The van der Waals surface area contributed by atoms with E-state index in [-0.39, 0.29) is 5.37 Å². The highest BCUT2D eigenvalue weighted by Gasteiger charge is 2.27. The van der Waals surface area contributed by atoms with E-state index in [1.165, 1.54) is 0 Å². The molecule has 1 saturated heterocycles. The number of aliphatic hydroxyl groups excluding tert-OH is 1. The van der Waals surface area contributed by atoms with E-state index < -0.39 is 6.29 Å². The summed E-state index contributed by atoms with van der Waals surface area (Å²) in [5.41, 5.74) is 0. The molecule has 0 aromatic carbocycles. The maximum atomic E-state index is 9.39. The molecule has 1 N–H and O–H groups in total. The van der Waals surface area contributed by atoms with Crippen LogP contribution in [0.3, 0.4) is 0 Å². The van der Waals surface area contributed by atoms with Crippen molar-refractivity contribution >= 4 is 11.8 Å². The molecule has 0 amide bonds. The molecule has 66 valence electrons. The van der Waals surface area contributed by atoms with Crippen LogP contribution in [0.4, 0.5) is 0 Å². The van der Waals surface area contributed by atoms with E-state index in [9.17, 15) is 5.11 Å². The summed E-state index contributed by atoms with van der Waals surface area (Å²) in [6.45, 7) is 3.63. The highest BCUT2D eigenvalue weighted by molar-refractivity contribution is 7.99. The zero-order valence-electron chi connectivity index (χ0n) is 6.99. The van der Waals surface area contributed by atoms with E-state index in [2.05, 4.69) is 11.8 Å². The molecular formula is C7H15NO2S. The van der Waals surface area contributed by atoms with Crippen LogP contribution in [0.5, 0.6) is 0 Å². The number of nitrogens with zero attached hydrogens (tertiary/aromatic N) is 1. The van der Waals surface area contributed by atoms with Gasteiger partial charge in [-0.1, -0.05) is 6.92 Å². The fraction of sp³-hybridized carbons (Fsp3) is 1.00. The van der Waals surface area contributed by atoms with E-state index >= 15 is 0 Å². The number of aliphatic hydroxyl groups is 1. The normalized spacial score (nSPS) is 34.1. The highest BCUT2D eigenvalue weighted by atomic mass is 32.2. The topological polar surface area (TPSA) is 32.7 Å². The quantitative estimate of drug-likeness (QED) is 0.659. The van der Waals surface area contributed by atoms with Gasteiger partial charge in [-0.25, -0.2) is 0 Å². The lowest BCUT2D eigenvalue weighted by Crippen LogP contribution is -2.47. The standard InChI is InChI=1S/C7H15NO2S/c1-3-11-6-7(9)10-5-4-8(6)2/h6-7,9H,3-5H2,1-2H3/t6-,7-/m1/s1. The fourth-order valence-corrected chi connectivity index (χ4v) is 2.07. The summed E-state index contributed by atoms with van der Waals surface area (Å²) in [6.07, 6.45) is -0.612. The van der Waals surface area contributed by atoms with Gasteiger partial charge in [-0.05, 0) is 12.8 Å². The van der Waals surface area contributed by atoms with Gasteiger partial charge in [-0.3, -0.25) is 4.90 Å². The van der Waals surface area contributed by atoms with Gasteiger partial charge in [0.25, 0.3) is 0 Å². The lowest BCUT2D eigenvalue weighted by atomic mass is 10.4. The lowest BCUT2D eigenvalue weighted by molar-refractivity contribution is -0.151. The summed E-state index contributed by atoms with van der Waals surface area (Å²) in [4.78, 5) is 2.13. The van der Waals surface area contributed by atoms with Crippen molar-refractivity contribution in [2.45, 2.75) is 18.6 Å². The monoisotopic (exact) mass is 177 g/mol. The van der Waals surface area contributed by atoms with Crippen LogP contribution in [-0.4, -0.2) is 47.6 Å². The van der Waals surface area contributed by atoms with Crippen LogP contribution in [0.25, 0.3) is 0 Å². The number of hydrogen-bond donors (Lipinski definition) is 1. The summed E-state index contributed by atoms with van der Waals surface area (Å²) in [6, 6.07) is 0. The second-order valence-corrected chi connectivity index (χ2v) is 3.98. The Kier molecular flexibility index (Phi) is 3.65. The van der Waals surface area contributed by atoms with Gasteiger partial charge in [0, 0.05) is 6.54 Å². The SMILES string of the molecule is CCS[C@@H]1[C@H](O)OCCN1C. The highest BCUT2D eigenvalue weighted by Crippen LogP contribution is 2.21. The Morgan fingerprint density at radius 3 is 3.00 bits per heavy atom. The van der Waals surface area contributed by atoms with Gasteiger partial charge in [0.15, 0.2) is 6.29 Å². The molecule has 1 rings (SSSR count). The molecule has 0 aromatic rings. The first-order chi connectivity index (χ1) is 5.25. The second kappa shape index (κ2) is 4.30. The molecule has 0 spiro atoms. The Bertz CT molecular complexity index is 113. The molecule has 11 heavy (non-hydrogen) atoms. The van der Waals surface area contributed by atoms with Gasteiger partial charge >= 0.3 is 0 Å². The third-order valence-corrected chi connectivity index (χ3v) is 3.02. The molecule has 2 atom stereocenters. The molecule has 3 nitrogen and oxygen atoms in total. The Hall–Kier alpha value is 0.230. The summed E-state index contributed by atoms with van der Waals surface area (Å²) in [7, 11) is 2.01. The van der Waals surface area contributed by atoms with Crippen LogP contribution in [0.1, 0.15) is 6.92 Å². The predicted molar refractivity (Wildman–Crippen MR) is 46.5 cm³/mol. The van der Waals surface area contributed by atoms with Gasteiger partial charge in [-0.15, -0.1) is 11.8 Å². The first-order valence-electron chi connectivity index (χ1n) is 3.87. The molecular weight excluding hydrogens is 162 g/mol. The van der Waals surface area contributed by atoms with E-state index in [1.807, 2.05) is 7.05 Å². The molecule has 1 heterocycles. The first kappa shape index (κ1) is 9.32. The van der Waals surface area contributed by atoms with Crippen molar-refractivity contribution in [1.82, 2.24) is 4.90 Å². The minimum Gasteiger partial charge on any atom is -0.366 e. The number of likely N-dealkylation sites (N-methyl/N-ethyl adjacent to an activating group) is 1. The fourth-order valence-electron chi connectivity index (χ4n) is 1.13. The molecule has 1 aliphatic heterocycles. The van der Waals surface area contributed by atoms with E-state index in [0.29, 0.717) is 6.61 Å². The lowest BCUT2D eigenvalue weighted by Gasteiger charge is -2.35. The van der Waals surface area contributed by atoms with Crippen molar-refractivity contribution in [2.75, 3.05) is 26.0 Å². The minimum atomic E-state index is -0.612. The third kappa shape index (κ3) is 2.33. The Morgan fingerprint density at radius 1 is 1.73 bits per heavy atom. The number of hydrogen-bond acceptors (Lipinski definition) is 4. The maximum absolute atomic E-state index is 9.39. The van der Waals surface area contributed by atoms with Crippen molar-refractivity contribution in [3.05, 3.63) is 0 Å². The van der Waals surface area contributed by atoms with Crippen LogP contribution >= 0.6 is 11.8 Å². The molecule has 0 bridgehead atoms. The Balaban J connectivity index is 2.41. The zero-order valence-corrected chi connectivity index (χ0v) is 7.80. The smallest absolute Gasteiger partial charge is 0.179 e. The van der Waals surface area contributed by atoms with Crippen LogP contribution in [-0.2, 0) is 4.74 Å². The van der Waals surface area contributed by atoms with E-state index in [4.69, 9.17) is 4.74 Å². The van der Waals surface area contributed by atoms with Crippen LogP contribution in [0, 0.1) is 0 Å². The number of rotatable bonds is 2. The van der Waals surface area contributed by atoms with Gasteiger partial charge < -0.3 is 9.84 Å². The van der Waals surface area contributed by atoms with Crippen molar-refractivity contribution in [3.8, 4) is 0 Å². The largest absolute Gasteiger partial charge is 0.366 e. The number of ether oxygens (including phenoxy) is 1. The summed E-state index contributed by atoms with van der Waals surface area (Å²) >= 11 is 1.72. The van der Waals surface area contributed by atoms with E-state index in [1.54, 1.807) is 11.8 Å². The summed E-state index contributed by atoms with van der Waals surface area (Å²) in [5, 5.41) is 9.50. The number of morpholine rings is 1. The van der Waals surface area contributed by atoms with Crippen molar-refractivity contribution in [2.24, 2.45) is 0 Å². The zero-order chi connectivity index (χ0) is 8.27. The number of thioether (sulfide) groups is 1. The molecule has 1 aliphatic rings.